The van der Waals surface area contributed by atoms with Crippen molar-refractivity contribution in [1.82, 2.24) is 19.6 Å². The Bertz CT molecular complexity index is 772. The fraction of sp³-hybridized carbons (Fsp3) is 0.0769. The summed E-state index contributed by atoms with van der Waals surface area (Å²) in [5.74, 6) is -0.485. The molecule has 0 atom stereocenters. The van der Waals surface area contributed by atoms with E-state index in [4.69, 9.17) is 5.11 Å². The molecule has 0 unspecified atom stereocenters. The summed E-state index contributed by atoms with van der Waals surface area (Å²) in [5, 5.41) is 17.8. The number of thioether (sulfide) groups is 1. The van der Waals surface area contributed by atoms with E-state index in [0.717, 1.165) is 10.8 Å². The van der Waals surface area contributed by atoms with Crippen molar-refractivity contribution in [2.24, 2.45) is 0 Å². The first-order valence-electron chi connectivity index (χ1n) is 5.86. The summed E-state index contributed by atoms with van der Waals surface area (Å²) in [7, 11) is 0. The zero-order valence-electron chi connectivity index (χ0n) is 10.3. The quantitative estimate of drug-likeness (QED) is 0.740. The number of carboxylic acid groups (broad SMARTS) is 1. The second-order valence-electron chi connectivity index (χ2n) is 4.02. The van der Waals surface area contributed by atoms with Gasteiger partial charge in [0, 0.05) is 11.9 Å². The SMILES string of the molecule is O=C(O)c1cccc(CSc2nnc3ccccn23)n1. The minimum atomic E-state index is -1.02. The van der Waals surface area contributed by atoms with Crippen LogP contribution < -0.4 is 0 Å². The molecule has 0 amide bonds. The van der Waals surface area contributed by atoms with Crippen molar-refractivity contribution in [3.8, 4) is 0 Å². The molecule has 3 aromatic rings. The van der Waals surface area contributed by atoms with Crippen LogP contribution in [-0.2, 0) is 5.75 Å². The van der Waals surface area contributed by atoms with E-state index in [-0.39, 0.29) is 5.69 Å². The smallest absolute Gasteiger partial charge is 0.354 e. The van der Waals surface area contributed by atoms with E-state index in [1.165, 1.54) is 17.8 Å². The number of carboxylic acids is 1. The number of aromatic carboxylic acids is 1. The van der Waals surface area contributed by atoms with Gasteiger partial charge in [0.2, 0.25) is 0 Å². The molecule has 0 spiro atoms. The minimum absolute atomic E-state index is 0.0502. The molecule has 3 aromatic heterocycles. The maximum Gasteiger partial charge on any atom is 0.354 e. The lowest BCUT2D eigenvalue weighted by Gasteiger charge is -2.01. The highest BCUT2D eigenvalue weighted by molar-refractivity contribution is 7.98. The Balaban J connectivity index is 1.79. The van der Waals surface area contributed by atoms with Crippen LogP contribution in [0.3, 0.4) is 0 Å². The van der Waals surface area contributed by atoms with Gasteiger partial charge in [0.25, 0.3) is 0 Å². The van der Waals surface area contributed by atoms with Crippen molar-refractivity contribution in [3.63, 3.8) is 0 Å². The highest BCUT2D eigenvalue weighted by atomic mass is 32.2. The number of carbonyl (C=O) groups is 1. The van der Waals surface area contributed by atoms with Crippen LogP contribution >= 0.6 is 11.8 Å². The number of aromatic nitrogens is 4. The van der Waals surface area contributed by atoms with Crippen molar-refractivity contribution in [1.29, 1.82) is 0 Å². The predicted octanol–water partition coefficient (Wildman–Crippen LogP) is 2.11. The van der Waals surface area contributed by atoms with Crippen LogP contribution in [0.1, 0.15) is 16.2 Å². The van der Waals surface area contributed by atoms with E-state index in [1.807, 2.05) is 28.8 Å². The number of fused-ring (bicyclic) bond motifs is 1. The van der Waals surface area contributed by atoms with Crippen molar-refractivity contribution in [3.05, 3.63) is 54.0 Å². The lowest BCUT2D eigenvalue weighted by molar-refractivity contribution is 0.0690. The standard InChI is InChI=1S/C13H10N4O2S/c18-12(19)10-5-3-4-9(14-10)8-20-13-16-15-11-6-1-2-7-17(11)13/h1-7H,8H2,(H,18,19). The van der Waals surface area contributed by atoms with Gasteiger partial charge in [-0.05, 0) is 24.3 Å². The molecule has 3 rings (SSSR count). The summed E-state index contributed by atoms with van der Waals surface area (Å²) in [4.78, 5) is 14.9. The number of pyridine rings is 2. The summed E-state index contributed by atoms with van der Waals surface area (Å²) in [6.45, 7) is 0. The van der Waals surface area contributed by atoms with E-state index < -0.39 is 5.97 Å². The van der Waals surface area contributed by atoms with E-state index in [0.29, 0.717) is 11.4 Å². The van der Waals surface area contributed by atoms with Crippen molar-refractivity contribution >= 4 is 23.4 Å². The lowest BCUT2D eigenvalue weighted by atomic mass is 10.3. The first-order valence-corrected chi connectivity index (χ1v) is 6.84. The fourth-order valence-corrected chi connectivity index (χ4v) is 2.57. The summed E-state index contributed by atoms with van der Waals surface area (Å²) in [6, 6.07) is 10.6. The molecule has 0 aliphatic rings. The first-order chi connectivity index (χ1) is 9.74. The Morgan fingerprint density at radius 2 is 2.10 bits per heavy atom. The molecular weight excluding hydrogens is 276 g/mol. The van der Waals surface area contributed by atoms with Gasteiger partial charge in [-0.1, -0.05) is 23.9 Å². The van der Waals surface area contributed by atoms with E-state index in [2.05, 4.69) is 15.2 Å². The molecule has 0 saturated carbocycles. The molecule has 0 bridgehead atoms. The Hall–Kier alpha value is -2.41. The van der Waals surface area contributed by atoms with E-state index in [9.17, 15) is 4.79 Å². The highest BCUT2D eigenvalue weighted by Crippen LogP contribution is 2.20. The molecule has 3 heterocycles. The molecule has 20 heavy (non-hydrogen) atoms. The summed E-state index contributed by atoms with van der Waals surface area (Å²) in [5.41, 5.74) is 1.53. The topological polar surface area (TPSA) is 80.4 Å². The second-order valence-corrected chi connectivity index (χ2v) is 4.96. The van der Waals surface area contributed by atoms with Crippen LogP contribution in [0.2, 0.25) is 0 Å². The van der Waals surface area contributed by atoms with Crippen LogP contribution in [0, 0.1) is 0 Å². The Morgan fingerprint density at radius 1 is 1.20 bits per heavy atom. The molecule has 100 valence electrons. The maximum absolute atomic E-state index is 10.9. The molecule has 0 fully saturated rings. The predicted molar refractivity (Wildman–Crippen MR) is 73.7 cm³/mol. The molecule has 0 aliphatic carbocycles. The van der Waals surface area contributed by atoms with E-state index in [1.54, 1.807) is 12.1 Å². The molecule has 0 saturated heterocycles. The van der Waals surface area contributed by atoms with Crippen molar-refractivity contribution < 1.29 is 9.90 Å². The Kier molecular flexibility index (Phi) is 3.34. The zero-order chi connectivity index (χ0) is 13.9. The third kappa shape index (κ3) is 2.48. The normalized spacial score (nSPS) is 10.8. The fourth-order valence-electron chi connectivity index (χ4n) is 1.74. The van der Waals surface area contributed by atoms with Crippen LogP contribution in [-0.4, -0.2) is 30.7 Å². The number of hydrogen-bond donors (Lipinski definition) is 1. The van der Waals surface area contributed by atoms with Crippen molar-refractivity contribution in [2.45, 2.75) is 10.9 Å². The largest absolute Gasteiger partial charge is 0.477 e. The van der Waals surface area contributed by atoms with Crippen molar-refractivity contribution in [2.75, 3.05) is 0 Å². The van der Waals surface area contributed by atoms with Gasteiger partial charge in [-0.15, -0.1) is 10.2 Å². The number of nitrogens with zero attached hydrogens (tertiary/aromatic N) is 4. The lowest BCUT2D eigenvalue weighted by Crippen LogP contribution is -2.01. The molecular formula is C13H10N4O2S. The van der Waals surface area contributed by atoms with Gasteiger partial charge in [-0.25, -0.2) is 9.78 Å². The third-order valence-electron chi connectivity index (χ3n) is 2.66. The van der Waals surface area contributed by atoms with Gasteiger partial charge >= 0.3 is 5.97 Å². The second kappa shape index (κ2) is 5.30. The summed E-state index contributed by atoms with van der Waals surface area (Å²) in [6.07, 6.45) is 1.89. The third-order valence-corrected chi connectivity index (χ3v) is 3.63. The number of hydrogen-bond acceptors (Lipinski definition) is 5. The van der Waals surface area contributed by atoms with E-state index >= 15 is 0 Å². The zero-order valence-corrected chi connectivity index (χ0v) is 11.1. The van der Waals surface area contributed by atoms with Crippen LogP contribution in [0.5, 0.6) is 0 Å². The van der Waals surface area contributed by atoms with Gasteiger partial charge in [0.05, 0.1) is 5.69 Å². The molecule has 0 radical (unpaired) electrons. The van der Waals surface area contributed by atoms with Gasteiger partial charge in [-0.3, -0.25) is 4.40 Å². The van der Waals surface area contributed by atoms with Crippen LogP contribution in [0.25, 0.3) is 5.65 Å². The molecule has 7 heteroatoms. The molecule has 0 aliphatic heterocycles. The Morgan fingerprint density at radius 3 is 2.95 bits per heavy atom. The first kappa shape index (κ1) is 12.6. The summed E-state index contributed by atoms with van der Waals surface area (Å²) >= 11 is 1.46. The highest BCUT2D eigenvalue weighted by Gasteiger charge is 2.08. The Labute approximate surface area is 118 Å². The van der Waals surface area contributed by atoms with Gasteiger partial charge in [0.15, 0.2) is 10.8 Å². The average molecular weight is 286 g/mol. The number of rotatable bonds is 4. The van der Waals surface area contributed by atoms with Crippen LogP contribution in [0.15, 0.2) is 47.8 Å². The molecule has 1 N–H and O–H groups in total. The van der Waals surface area contributed by atoms with Gasteiger partial charge in [-0.2, -0.15) is 0 Å². The summed E-state index contributed by atoms with van der Waals surface area (Å²) < 4.78 is 1.88. The maximum atomic E-state index is 10.9. The molecule has 6 nitrogen and oxygen atoms in total. The minimum Gasteiger partial charge on any atom is -0.477 e. The van der Waals surface area contributed by atoms with Gasteiger partial charge < -0.3 is 5.11 Å². The van der Waals surface area contributed by atoms with Gasteiger partial charge in [0.1, 0.15) is 5.69 Å². The molecule has 0 aromatic carbocycles. The van der Waals surface area contributed by atoms with Crippen LogP contribution in [0.4, 0.5) is 0 Å². The average Bonchev–Trinajstić information content (AvgIpc) is 2.89. The monoisotopic (exact) mass is 286 g/mol.